The Kier molecular flexibility index (Phi) is 8.73. The standard InChI is InChI=1S/C5H10Cl2.ClH/c1-4(2)3-5(6)7;/h4-5H,3H2,1-2H3;1H. The molecule has 0 N–H and O–H groups in total. The minimum atomic E-state index is -0.181. The number of hydrogen-bond donors (Lipinski definition) is 0. The van der Waals surface area contributed by atoms with E-state index in [0.29, 0.717) is 5.92 Å². The Morgan fingerprint density at radius 3 is 1.62 bits per heavy atom. The monoisotopic (exact) mass is 176 g/mol. The number of halogens is 3. The van der Waals surface area contributed by atoms with E-state index in [4.69, 9.17) is 23.2 Å². The minimum Gasteiger partial charge on any atom is -0.147 e. The molecule has 8 heavy (non-hydrogen) atoms. The largest absolute Gasteiger partial charge is 0.147 e. The first kappa shape index (κ1) is 11.6. The minimum absolute atomic E-state index is 0. The van der Waals surface area contributed by atoms with Gasteiger partial charge >= 0.3 is 0 Å². The molecule has 0 bridgehead atoms. The summed E-state index contributed by atoms with van der Waals surface area (Å²) in [4.78, 5) is -0.181. The van der Waals surface area contributed by atoms with Crippen LogP contribution in [-0.2, 0) is 0 Å². The predicted molar refractivity (Wildman–Crippen MR) is 42.2 cm³/mol. The molecule has 0 spiro atoms. The highest BCUT2D eigenvalue weighted by Crippen LogP contribution is 2.12. The average Bonchev–Trinajstić information content (AvgIpc) is 1.27. The van der Waals surface area contributed by atoms with Gasteiger partial charge < -0.3 is 0 Å². The Morgan fingerprint density at radius 1 is 1.25 bits per heavy atom. The van der Waals surface area contributed by atoms with Gasteiger partial charge in [0.15, 0.2) is 0 Å². The number of rotatable bonds is 2. The highest BCUT2D eigenvalue weighted by atomic mass is 35.5. The highest BCUT2D eigenvalue weighted by molar-refractivity contribution is 6.44. The van der Waals surface area contributed by atoms with Crippen LogP contribution in [0.4, 0.5) is 0 Å². The molecular formula is C5H11Cl3. The molecule has 0 rings (SSSR count). The second kappa shape index (κ2) is 6.00. The van der Waals surface area contributed by atoms with Gasteiger partial charge in [-0.1, -0.05) is 13.8 Å². The van der Waals surface area contributed by atoms with Gasteiger partial charge in [-0.15, -0.1) is 35.6 Å². The third kappa shape index (κ3) is 9.98. The van der Waals surface area contributed by atoms with Crippen LogP contribution in [0.15, 0.2) is 0 Å². The lowest BCUT2D eigenvalue weighted by Crippen LogP contribution is -1.93. The molecule has 0 fully saturated rings. The van der Waals surface area contributed by atoms with Gasteiger partial charge in [-0.3, -0.25) is 0 Å². The predicted octanol–water partition coefficient (Wildman–Crippen LogP) is 3.26. The van der Waals surface area contributed by atoms with Crippen molar-refractivity contribution in [2.24, 2.45) is 5.92 Å². The first-order valence-electron chi connectivity index (χ1n) is 2.41. The molecule has 0 aromatic rings. The van der Waals surface area contributed by atoms with Crippen LogP contribution in [0, 0.1) is 5.92 Å². The van der Waals surface area contributed by atoms with Gasteiger partial charge in [0.2, 0.25) is 0 Å². The molecule has 0 aliphatic heterocycles. The topological polar surface area (TPSA) is 0 Å². The molecule has 0 radical (unpaired) electrons. The summed E-state index contributed by atoms with van der Waals surface area (Å²) in [7, 11) is 0. The molecule has 0 saturated carbocycles. The summed E-state index contributed by atoms with van der Waals surface area (Å²) in [5.74, 6) is 0.611. The van der Waals surface area contributed by atoms with E-state index in [9.17, 15) is 0 Å². The van der Waals surface area contributed by atoms with Crippen molar-refractivity contribution in [1.29, 1.82) is 0 Å². The lowest BCUT2D eigenvalue weighted by molar-refractivity contribution is 0.614. The molecule has 0 amide bonds. The Bertz CT molecular complexity index is 36.9. The number of hydrogen-bond acceptors (Lipinski definition) is 0. The fraction of sp³-hybridized carbons (Fsp3) is 1.00. The van der Waals surface area contributed by atoms with E-state index in [-0.39, 0.29) is 17.2 Å². The van der Waals surface area contributed by atoms with Crippen molar-refractivity contribution < 1.29 is 0 Å². The van der Waals surface area contributed by atoms with Crippen LogP contribution in [0.2, 0.25) is 0 Å². The van der Waals surface area contributed by atoms with Crippen molar-refractivity contribution in [3.63, 3.8) is 0 Å². The van der Waals surface area contributed by atoms with Crippen LogP contribution in [0.1, 0.15) is 20.3 Å². The summed E-state index contributed by atoms with van der Waals surface area (Å²) in [6, 6.07) is 0. The van der Waals surface area contributed by atoms with E-state index < -0.39 is 0 Å². The van der Waals surface area contributed by atoms with E-state index in [2.05, 4.69) is 13.8 Å². The Labute approximate surface area is 67.0 Å². The quantitative estimate of drug-likeness (QED) is 0.568. The molecule has 0 aromatic heterocycles. The van der Waals surface area contributed by atoms with Crippen LogP contribution in [0.3, 0.4) is 0 Å². The third-order valence-electron chi connectivity index (χ3n) is 0.650. The molecule has 0 saturated heterocycles. The van der Waals surface area contributed by atoms with Crippen LogP contribution in [0.5, 0.6) is 0 Å². The van der Waals surface area contributed by atoms with Crippen LogP contribution in [0.25, 0.3) is 0 Å². The van der Waals surface area contributed by atoms with Crippen molar-refractivity contribution in [1.82, 2.24) is 0 Å². The molecule has 0 heterocycles. The van der Waals surface area contributed by atoms with Crippen molar-refractivity contribution >= 4 is 35.6 Å². The maximum Gasteiger partial charge on any atom is 0.108 e. The molecular weight excluding hydrogens is 166 g/mol. The Hall–Kier alpha value is 0.870. The summed E-state index contributed by atoms with van der Waals surface area (Å²) in [5, 5.41) is 0. The summed E-state index contributed by atoms with van der Waals surface area (Å²) >= 11 is 10.9. The summed E-state index contributed by atoms with van der Waals surface area (Å²) in [6.45, 7) is 4.19. The zero-order chi connectivity index (χ0) is 5.86. The zero-order valence-corrected chi connectivity index (χ0v) is 7.35. The number of alkyl halides is 2. The van der Waals surface area contributed by atoms with Crippen LogP contribution >= 0.6 is 35.6 Å². The van der Waals surface area contributed by atoms with Gasteiger partial charge in [0, 0.05) is 0 Å². The van der Waals surface area contributed by atoms with Crippen molar-refractivity contribution in [3.05, 3.63) is 0 Å². The van der Waals surface area contributed by atoms with E-state index in [1.54, 1.807) is 0 Å². The molecule has 0 aliphatic carbocycles. The summed E-state index contributed by atoms with van der Waals surface area (Å²) in [6.07, 6.45) is 0.892. The fourth-order valence-corrected chi connectivity index (χ4v) is 1.07. The van der Waals surface area contributed by atoms with Crippen molar-refractivity contribution in [3.8, 4) is 0 Å². The van der Waals surface area contributed by atoms with Crippen LogP contribution < -0.4 is 0 Å². The Balaban J connectivity index is 0. The zero-order valence-electron chi connectivity index (χ0n) is 5.03. The van der Waals surface area contributed by atoms with Crippen molar-refractivity contribution in [2.75, 3.05) is 0 Å². The second-order valence-corrected chi connectivity index (χ2v) is 3.30. The van der Waals surface area contributed by atoms with Gasteiger partial charge in [0.25, 0.3) is 0 Å². The van der Waals surface area contributed by atoms with Crippen molar-refractivity contribution in [2.45, 2.75) is 25.1 Å². The maximum atomic E-state index is 5.44. The second-order valence-electron chi connectivity index (χ2n) is 2.02. The maximum absolute atomic E-state index is 5.44. The first-order valence-corrected chi connectivity index (χ1v) is 3.28. The van der Waals surface area contributed by atoms with E-state index >= 15 is 0 Å². The van der Waals surface area contributed by atoms with Gasteiger partial charge in [-0.2, -0.15) is 0 Å². The normalized spacial score (nSPS) is 9.75. The summed E-state index contributed by atoms with van der Waals surface area (Å²) < 4.78 is 0. The first-order chi connectivity index (χ1) is 3.13. The van der Waals surface area contributed by atoms with Gasteiger partial charge in [-0.05, 0) is 12.3 Å². The SMILES string of the molecule is CC(C)CC(Cl)Cl.Cl. The van der Waals surface area contributed by atoms with Gasteiger partial charge in [0.05, 0.1) is 0 Å². The van der Waals surface area contributed by atoms with E-state index in [0.717, 1.165) is 6.42 Å². The molecule has 0 nitrogen and oxygen atoms in total. The van der Waals surface area contributed by atoms with Gasteiger partial charge in [-0.25, -0.2) is 0 Å². The van der Waals surface area contributed by atoms with E-state index in [1.165, 1.54) is 0 Å². The third-order valence-corrected chi connectivity index (χ3v) is 1.01. The lowest BCUT2D eigenvalue weighted by atomic mass is 10.2. The smallest absolute Gasteiger partial charge is 0.108 e. The van der Waals surface area contributed by atoms with Crippen LogP contribution in [-0.4, -0.2) is 4.84 Å². The van der Waals surface area contributed by atoms with Gasteiger partial charge in [0.1, 0.15) is 4.84 Å². The molecule has 0 aliphatic rings. The molecule has 0 atom stereocenters. The average molecular weight is 178 g/mol. The Morgan fingerprint density at radius 2 is 1.62 bits per heavy atom. The molecule has 3 heteroatoms. The molecule has 0 unspecified atom stereocenters. The highest BCUT2D eigenvalue weighted by Gasteiger charge is 2.00. The molecule has 52 valence electrons. The fourth-order valence-electron chi connectivity index (χ4n) is 0.356. The lowest BCUT2D eigenvalue weighted by Gasteiger charge is -2.01. The van der Waals surface area contributed by atoms with E-state index in [1.807, 2.05) is 0 Å². The summed E-state index contributed by atoms with van der Waals surface area (Å²) in [5.41, 5.74) is 0. The molecule has 0 aromatic carbocycles.